The van der Waals surface area contributed by atoms with Crippen LogP contribution in [0.5, 0.6) is 0 Å². The van der Waals surface area contributed by atoms with E-state index in [0.717, 1.165) is 25.1 Å². The van der Waals surface area contributed by atoms with Crippen LogP contribution >= 0.6 is 26.4 Å². The molecule has 3 unspecified atom stereocenters. The molecule has 2 aliphatic heterocycles. The SMILES string of the molecule is C=C(NC(c1ccccc1)C1(N2CC3(CPC3)C2)CCC1)c1c(NC)cc(C(F)(F)P)cc1PC. The Labute approximate surface area is 214 Å². The highest BCUT2D eigenvalue weighted by atomic mass is 31.1. The van der Waals surface area contributed by atoms with Gasteiger partial charge in [0.15, 0.2) is 0 Å². The molecule has 2 N–H and O–H groups in total. The lowest BCUT2D eigenvalue weighted by Crippen LogP contribution is -2.73. The molecule has 8 heteroatoms. The van der Waals surface area contributed by atoms with Crippen molar-refractivity contribution in [2.75, 3.05) is 44.4 Å². The van der Waals surface area contributed by atoms with Crippen LogP contribution in [0.4, 0.5) is 14.5 Å². The summed E-state index contributed by atoms with van der Waals surface area (Å²) in [4.78, 5) is 2.73. The molecule has 3 atom stereocenters. The van der Waals surface area contributed by atoms with Gasteiger partial charge in [0.25, 0.3) is 5.66 Å². The first kappa shape index (κ1) is 25.5. The molecule has 3 nitrogen and oxygen atoms in total. The molecule has 2 aromatic carbocycles. The maximum absolute atomic E-state index is 14.2. The van der Waals surface area contributed by atoms with Gasteiger partial charge in [-0.2, -0.15) is 8.78 Å². The Hall–Kier alpha value is -1.11. The zero-order valence-electron chi connectivity index (χ0n) is 20.6. The van der Waals surface area contributed by atoms with Crippen LogP contribution in [-0.2, 0) is 5.66 Å². The lowest BCUT2D eigenvalue weighted by Gasteiger charge is -2.66. The Morgan fingerprint density at radius 2 is 1.89 bits per heavy atom. The number of hydrogen-bond acceptors (Lipinski definition) is 3. The highest BCUT2D eigenvalue weighted by Crippen LogP contribution is 2.57. The largest absolute Gasteiger partial charge is 0.388 e. The van der Waals surface area contributed by atoms with Gasteiger partial charge in [-0.1, -0.05) is 54.7 Å². The van der Waals surface area contributed by atoms with E-state index < -0.39 is 5.66 Å². The van der Waals surface area contributed by atoms with Crippen LogP contribution in [0, 0.1) is 5.41 Å². The van der Waals surface area contributed by atoms with E-state index in [-0.39, 0.29) is 17.1 Å². The molecule has 5 rings (SSSR count). The Bertz CT molecular complexity index is 1060. The molecule has 0 amide bonds. The van der Waals surface area contributed by atoms with Crippen LogP contribution in [0.1, 0.15) is 42.0 Å². The van der Waals surface area contributed by atoms with Gasteiger partial charge in [-0.25, -0.2) is 0 Å². The summed E-state index contributed by atoms with van der Waals surface area (Å²) in [5, 5.41) is 7.92. The maximum atomic E-state index is 14.2. The molecule has 3 fully saturated rings. The summed E-state index contributed by atoms with van der Waals surface area (Å²) in [5.41, 5.74) is 1.38. The number of anilines is 1. The van der Waals surface area contributed by atoms with Gasteiger partial charge >= 0.3 is 0 Å². The fourth-order valence-electron chi connectivity index (χ4n) is 6.08. The third kappa shape index (κ3) is 4.57. The minimum atomic E-state index is -2.97. The lowest BCUT2D eigenvalue weighted by atomic mass is 9.64. The molecule has 2 saturated heterocycles. The Kier molecular flexibility index (Phi) is 7.04. The van der Waals surface area contributed by atoms with E-state index >= 15 is 0 Å². The second kappa shape index (κ2) is 9.64. The van der Waals surface area contributed by atoms with Gasteiger partial charge in [0.2, 0.25) is 0 Å². The number of nitrogens with one attached hydrogen (secondary N) is 2. The highest BCUT2D eigenvalue weighted by Gasteiger charge is 2.58. The number of halogens is 2. The van der Waals surface area contributed by atoms with Crippen LogP contribution in [0.2, 0.25) is 0 Å². The van der Waals surface area contributed by atoms with Crippen molar-refractivity contribution >= 4 is 43.1 Å². The van der Waals surface area contributed by atoms with E-state index in [1.165, 1.54) is 50.2 Å². The van der Waals surface area contributed by atoms with E-state index in [9.17, 15) is 8.78 Å². The van der Waals surface area contributed by atoms with E-state index in [0.29, 0.717) is 19.7 Å². The first-order valence-electron chi connectivity index (χ1n) is 12.4. The Morgan fingerprint density at radius 1 is 1.20 bits per heavy atom. The zero-order chi connectivity index (χ0) is 24.8. The summed E-state index contributed by atoms with van der Waals surface area (Å²) in [7, 11) is 4.97. The summed E-state index contributed by atoms with van der Waals surface area (Å²) in [6.07, 6.45) is 6.38. The van der Waals surface area contributed by atoms with Gasteiger partial charge in [-0.05, 0) is 61.3 Å². The predicted octanol–water partition coefficient (Wildman–Crippen LogP) is 5.80. The molecule has 1 spiro atoms. The van der Waals surface area contributed by atoms with Gasteiger partial charge in [0.05, 0.1) is 6.04 Å². The molecular formula is C27H36F2N3P3. The van der Waals surface area contributed by atoms with Gasteiger partial charge in [-0.15, -0.1) is 8.58 Å². The smallest absolute Gasteiger partial charge is 0.283 e. The number of rotatable bonds is 9. The van der Waals surface area contributed by atoms with E-state index in [2.05, 4.69) is 52.4 Å². The molecule has 0 aromatic heterocycles. The number of hydrogen-bond donors (Lipinski definition) is 2. The summed E-state index contributed by atoms with van der Waals surface area (Å²) >= 11 is 0. The van der Waals surface area contributed by atoms with Crippen LogP contribution in [0.3, 0.4) is 0 Å². The minimum Gasteiger partial charge on any atom is -0.388 e. The average Bonchev–Trinajstić information content (AvgIpc) is 2.76. The summed E-state index contributed by atoms with van der Waals surface area (Å²) in [5.74, 6) is 0. The second-order valence-corrected chi connectivity index (χ2v) is 13.4. The quantitative estimate of drug-likeness (QED) is 0.399. The van der Waals surface area contributed by atoms with Crippen molar-refractivity contribution in [1.29, 1.82) is 0 Å². The van der Waals surface area contributed by atoms with Crippen molar-refractivity contribution in [2.45, 2.75) is 36.5 Å². The van der Waals surface area contributed by atoms with Crippen molar-refractivity contribution in [3.05, 3.63) is 65.7 Å². The normalized spacial score (nSPS) is 21.7. The molecule has 35 heavy (non-hydrogen) atoms. The van der Waals surface area contributed by atoms with E-state index in [4.69, 9.17) is 0 Å². The number of likely N-dealkylation sites (tertiary alicyclic amines) is 1. The Balaban J connectivity index is 1.50. The average molecular weight is 534 g/mol. The monoisotopic (exact) mass is 533 g/mol. The molecule has 0 bridgehead atoms. The molecule has 0 radical (unpaired) electrons. The highest BCUT2D eigenvalue weighted by molar-refractivity contribution is 7.46. The van der Waals surface area contributed by atoms with Crippen molar-refractivity contribution in [3.8, 4) is 0 Å². The van der Waals surface area contributed by atoms with Gasteiger partial charge in [0, 0.05) is 53.6 Å². The topological polar surface area (TPSA) is 27.3 Å². The standard InChI is InChI=1S/C27H36F2N3P3/c1-18(23-21(30-2)12-20(27(28,29)33)13-22(23)34-3)31-24(19-8-5-4-6-9-19)26(10-7-11-26)32-14-25(15-32)16-35-17-25/h4-6,8-9,12-13,24,30-31,34-35H,1,7,10-11,14-17,33H2,2-3H3. The third-order valence-electron chi connectivity index (χ3n) is 8.25. The summed E-state index contributed by atoms with van der Waals surface area (Å²) in [6.45, 7) is 8.93. The molecule has 1 aliphatic carbocycles. The molecule has 2 aromatic rings. The lowest BCUT2D eigenvalue weighted by molar-refractivity contribution is -0.114. The predicted molar refractivity (Wildman–Crippen MR) is 153 cm³/mol. The third-order valence-corrected chi connectivity index (χ3v) is 11.5. The molecule has 188 valence electrons. The van der Waals surface area contributed by atoms with Crippen molar-refractivity contribution in [1.82, 2.24) is 10.2 Å². The van der Waals surface area contributed by atoms with Crippen LogP contribution in [0.25, 0.3) is 5.70 Å². The van der Waals surface area contributed by atoms with Gasteiger partial charge < -0.3 is 10.6 Å². The van der Waals surface area contributed by atoms with Crippen LogP contribution in [0.15, 0.2) is 49.0 Å². The van der Waals surface area contributed by atoms with E-state index in [1.807, 2.05) is 6.66 Å². The zero-order valence-corrected chi connectivity index (χ0v) is 23.7. The van der Waals surface area contributed by atoms with Crippen LogP contribution in [-0.4, -0.2) is 49.6 Å². The first-order valence-corrected chi connectivity index (χ1v) is 15.9. The summed E-state index contributed by atoms with van der Waals surface area (Å²) in [6, 6.07) is 14.0. The molecule has 1 saturated carbocycles. The number of nitrogens with zero attached hydrogens (tertiary/aromatic N) is 1. The van der Waals surface area contributed by atoms with Crippen molar-refractivity contribution in [3.63, 3.8) is 0 Å². The molecule has 3 aliphatic rings. The van der Waals surface area contributed by atoms with Crippen molar-refractivity contribution < 1.29 is 8.78 Å². The summed E-state index contributed by atoms with van der Waals surface area (Å²) < 4.78 is 28.4. The molecular weight excluding hydrogens is 497 g/mol. The minimum absolute atomic E-state index is 0.00917. The first-order chi connectivity index (χ1) is 16.7. The number of benzene rings is 2. The maximum Gasteiger partial charge on any atom is 0.283 e. The molecule has 2 heterocycles. The van der Waals surface area contributed by atoms with Gasteiger partial charge in [-0.3, -0.25) is 4.90 Å². The fourth-order valence-corrected chi connectivity index (χ4v) is 8.49. The Morgan fingerprint density at radius 3 is 2.37 bits per heavy atom. The fraction of sp³-hybridized carbons (Fsp3) is 0.481. The van der Waals surface area contributed by atoms with E-state index in [1.54, 1.807) is 28.4 Å². The van der Waals surface area contributed by atoms with Gasteiger partial charge in [0.1, 0.15) is 0 Å². The second-order valence-electron chi connectivity index (χ2n) is 10.5. The van der Waals surface area contributed by atoms with Crippen molar-refractivity contribution in [2.24, 2.45) is 5.41 Å². The van der Waals surface area contributed by atoms with Crippen LogP contribution < -0.4 is 15.9 Å². The number of alkyl halides is 2.